The van der Waals surface area contributed by atoms with Crippen LogP contribution in [0, 0.1) is 0 Å². The molecular weight excluding hydrogens is 599 g/mol. The molecule has 0 atom stereocenters. The molecule has 8 aromatic carbocycles. The van der Waals surface area contributed by atoms with Gasteiger partial charge in [0.2, 0.25) is 0 Å². The molecule has 226 valence electrons. The van der Waals surface area contributed by atoms with Gasteiger partial charge in [0.25, 0.3) is 0 Å². The summed E-state index contributed by atoms with van der Waals surface area (Å²) in [7, 11) is 0. The summed E-state index contributed by atoms with van der Waals surface area (Å²) in [6.45, 7) is 0. The van der Waals surface area contributed by atoms with E-state index in [1.807, 2.05) is 11.3 Å². The zero-order chi connectivity index (χ0) is 31.9. The molecule has 0 unspecified atom stereocenters. The lowest BCUT2D eigenvalue weighted by Crippen LogP contribution is -2.09. The van der Waals surface area contributed by atoms with Crippen LogP contribution in [-0.2, 0) is 0 Å². The monoisotopic (exact) mass is 629 g/mol. The van der Waals surface area contributed by atoms with Gasteiger partial charge in [-0.05, 0) is 98.8 Å². The topological polar surface area (TPSA) is 3.24 Å². The van der Waals surface area contributed by atoms with Crippen molar-refractivity contribution in [3.63, 3.8) is 0 Å². The third kappa shape index (κ3) is 5.23. The minimum absolute atomic E-state index is 1.12. The van der Waals surface area contributed by atoms with E-state index in [1.165, 1.54) is 64.3 Å². The number of rotatable bonds is 6. The first-order chi connectivity index (χ1) is 23.8. The Bertz CT molecular complexity index is 2530. The first kappa shape index (κ1) is 28.3. The average Bonchev–Trinajstić information content (AvgIpc) is 3.54. The Balaban J connectivity index is 1.11. The van der Waals surface area contributed by atoms with Crippen LogP contribution in [0.2, 0.25) is 0 Å². The summed E-state index contributed by atoms with van der Waals surface area (Å²) in [4.78, 5) is 2.37. The Kier molecular flexibility index (Phi) is 7.07. The van der Waals surface area contributed by atoms with E-state index < -0.39 is 0 Å². The first-order valence-electron chi connectivity index (χ1n) is 16.3. The molecular formula is C46H31NS. The molecule has 0 amide bonds. The van der Waals surface area contributed by atoms with Crippen LogP contribution in [-0.4, -0.2) is 0 Å². The summed E-state index contributed by atoms with van der Waals surface area (Å²) in [5, 5.41) is 5.12. The predicted octanol–water partition coefficient (Wildman–Crippen LogP) is 13.7. The smallest absolute Gasteiger partial charge is 0.0476 e. The van der Waals surface area contributed by atoms with Gasteiger partial charge >= 0.3 is 0 Å². The van der Waals surface area contributed by atoms with Crippen molar-refractivity contribution in [3.8, 4) is 33.4 Å². The van der Waals surface area contributed by atoms with Crippen LogP contribution in [0.4, 0.5) is 17.1 Å². The second kappa shape index (κ2) is 12.0. The molecule has 0 N–H and O–H groups in total. The van der Waals surface area contributed by atoms with Gasteiger partial charge in [0.1, 0.15) is 0 Å². The number of fused-ring (bicyclic) bond motifs is 4. The van der Waals surface area contributed by atoms with Crippen LogP contribution in [0.1, 0.15) is 0 Å². The Hall–Kier alpha value is -5.96. The van der Waals surface area contributed by atoms with E-state index in [-0.39, 0.29) is 0 Å². The van der Waals surface area contributed by atoms with Gasteiger partial charge in [0.05, 0.1) is 0 Å². The van der Waals surface area contributed by atoms with E-state index in [0.29, 0.717) is 0 Å². The molecule has 9 rings (SSSR count). The lowest BCUT2D eigenvalue weighted by Gasteiger charge is -2.26. The maximum absolute atomic E-state index is 2.37. The minimum Gasteiger partial charge on any atom is -0.310 e. The fraction of sp³-hybridized carbons (Fsp3) is 0. The summed E-state index contributed by atoms with van der Waals surface area (Å²) >= 11 is 1.86. The first-order valence-corrected chi connectivity index (χ1v) is 17.2. The van der Waals surface area contributed by atoms with E-state index in [0.717, 1.165) is 17.1 Å². The van der Waals surface area contributed by atoms with E-state index in [2.05, 4.69) is 193 Å². The third-order valence-corrected chi connectivity index (χ3v) is 10.4. The second-order valence-electron chi connectivity index (χ2n) is 12.2. The SMILES string of the molecule is c1ccc(-c2ccc(N(c3ccc(-c4ccc5ccc(-c6ccccc6)cc5c4)cc3)c3ccc4c(c3)sc3ccccc34)cc2)cc1. The molecule has 0 aliphatic rings. The maximum Gasteiger partial charge on any atom is 0.0476 e. The Morgan fingerprint density at radius 2 is 0.750 bits per heavy atom. The Morgan fingerprint density at radius 1 is 0.292 bits per heavy atom. The zero-order valence-corrected chi connectivity index (χ0v) is 27.1. The largest absolute Gasteiger partial charge is 0.310 e. The molecule has 1 nitrogen and oxygen atoms in total. The van der Waals surface area contributed by atoms with Crippen molar-refractivity contribution in [2.75, 3.05) is 4.90 Å². The molecule has 9 aromatic rings. The number of thiophene rings is 1. The molecule has 0 aliphatic carbocycles. The average molecular weight is 630 g/mol. The molecule has 2 heteroatoms. The van der Waals surface area contributed by atoms with Gasteiger partial charge in [-0.1, -0.05) is 133 Å². The molecule has 1 heterocycles. The van der Waals surface area contributed by atoms with E-state index in [4.69, 9.17) is 0 Å². The van der Waals surface area contributed by atoms with Crippen LogP contribution >= 0.6 is 11.3 Å². The quantitative estimate of drug-likeness (QED) is 0.177. The summed E-state index contributed by atoms with van der Waals surface area (Å²) < 4.78 is 2.61. The third-order valence-electron chi connectivity index (χ3n) is 9.26. The predicted molar refractivity (Wildman–Crippen MR) is 208 cm³/mol. The lowest BCUT2D eigenvalue weighted by atomic mass is 9.97. The highest BCUT2D eigenvalue weighted by atomic mass is 32.1. The Labute approximate surface area is 284 Å². The van der Waals surface area contributed by atoms with Gasteiger partial charge in [0.15, 0.2) is 0 Å². The molecule has 0 aliphatic heterocycles. The Morgan fingerprint density at radius 3 is 1.38 bits per heavy atom. The molecule has 0 spiro atoms. The molecule has 1 aromatic heterocycles. The van der Waals surface area contributed by atoms with Crippen LogP contribution in [0.15, 0.2) is 188 Å². The summed E-state index contributed by atoms with van der Waals surface area (Å²) in [6.07, 6.45) is 0. The van der Waals surface area contributed by atoms with Crippen molar-refractivity contribution >= 4 is 59.3 Å². The van der Waals surface area contributed by atoms with Gasteiger partial charge in [-0.15, -0.1) is 11.3 Å². The van der Waals surface area contributed by atoms with Crippen molar-refractivity contribution < 1.29 is 0 Å². The standard InChI is InChI=1S/C46H31NS/c1-3-9-32(10-4-1)34-19-23-40(24-20-34)47(42-27-28-44-43-13-7-8-14-45(43)48-46(44)31-42)41-25-21-35(22-26-41)38-18-16-36-15-17-37(29-39(36)30-38)33-11-5-2-6-12-33/h1-31H. The zero-order valence-electron chi connectivity index (χ0n) is 26.3. The van der Waals surface area contributed by atoms with E-state index >= 15 is 0 Å². The van der Waals surface area contributed by atoms with E-state index in [1.54, 1.807) is 0 Å². The van der Waals surface area contributed by atoms with Gasteiger partial charge in [-0.2, -0.15) is 0 Å². The highest BCUT2D eigenvalue weighted by Crippen LogP contribution is 2.41. The molecule has 0 saturated carbocycles. The molecule has 0 saturated heterocycles. The number of hydrogen-bond acceptors (Lipinski definition) is 2. The van der Waals surface area contributed by atoms with Crippen LogP contribution < -0.4 is 4.90 Å². The van der Waals surface area contributed by atoms with Crippen molar-refractivity contribution in [3.05, 3.63) is 188 Å². The summed E-state index contributed by atoms with van der Waals surface area (Å²) in [5.41, 5.74) is 10.7. The van der Waals surface area contributed by atoms with Crippen LogP contribution in [0.3, 0.4) is 0 Å². The van der Waals surface area contributed by atoms with Crippen molar-refractivity contribution in [1.29, 1.82) is 0 Å². The number of anilines is 3. The molecule has 0 fully saturated rings. The van der Waals surface area contributed by atoms with Crippen molar-refractivity contribution in [2.24, 2.45) is 0 Å². The van der Waals surface area contributed by atoms with Crippen molar-refractivity contribution in [1.82, 2.24) is 0 Å². The second-order valence-corrected chi connectivity index (χ2v) is 13.3. The van der Waals surface area contributed by atoms with Gasteiger partial charge in [-0.25, -0.2) is 0 Å². The van der Waals surface area contributed by atoms with E-state index in [9.17, 15) is 0 Å². The molecule has 0 radical (unpaired) electrons. The van der Waals surface area contributed by atoms with Crippen LogP contribution in [0.5, 0.6) is 0 Å². The van der Waals surface area contributed by atoms with Gasteiger partial charge < -0.3 is 4.90 Å². The molecule has 48 heavy (non-hydrogen) atoms. The number of hydrogen-bond donors (Lipinski definition) is 0. The number of benzene rings is 8. The lowest BCUT2D eigenvalue weighted by molar-refractivity contribution is 1.29. The maximum atomic E-state index is 2.37. The summed E-state index contributed by atoms with van der Waals surface area (Å²) in [5.74, 6) is 0. The highest BCUT2D eigenvalue weighted by molar-refractivity contribution is 7.25. The van der Waals surface area contributed by atoms with Crippen LogP contribution in [0.25, 0.3) is 64.3 Å². The fourth-order valence-electron chi connectivity index (χ4n) is 6.77. The fourth-order valence-corrected chi connectivity index (χ4v) is 7.91. The highest BCUT2D eigenvalue weighted by Gasteiger charge is 2.15. The normalized spacial score (nSPS) is 11.3. The minimum atomic E-state index is 1.12. The number of nitrogens with zero attached hydrogens (tertiary/aromatic N) is 1. The van der Waals surface area contributed by atoms with Crippen molar-refractivity contribution in [2.45, 2.75) is 0 Å². The van der Waals surface area contributed by atoms with Gasteiger partial charge in [0, 0.05) is 37.2 Å². The summed E-state index contributed by atoms with van der Waals surface area (Å²) in [6, 6.07) is 68.2. The van der Waals surface area contributed by atoms with Gasteiger partial charge in [-0.3, -0.25) is 0 Å². The molecule has 0 bridgehead atoms.